The summed E-state index contributed by atoms with van der Waals surface area (Å²) in [5.41, 5.74) is 0.128. The van der Waals surface area contributed by atoms with Crippen molar-refractivity contribution < 1.29 is 27.9 Å². The first kappa shape index (κ1) is 23.2. The number of hydrogen-bond donors (Lipinski definition) is 2. The smallest absolute Gasteiger partial charge is 0.416 e. The number of carbonyl (C=O) groups excluding carboxylic acids is 1. The van der Waals surface area contributed by atoms with Crippen molar-refractivity contribution in [1.29, 1.82) is 5.26 Å². The van der Waals surface area contributed by atoms with E-state index in [0.29, 0.717) is 18.5 Å². The molecule has 32 heavy (non-hydrogen) atoms. The molecule has 0 fully saturated rings. The van der Waals surface area contributed by atoms with Crippen LogP contribution < -0.4 is 10.2 Å². The van der Waals surface area contributed by atoms with Crippen LogP contribution in [-0.2, 0) is 11.0 Å². The summed E-state index contributed by atoms with van der Waals surface area (Å²) in [5.74, 6) is -0.304. The number of nitriles is 1. The Morgan fingerprint density at radius 3 is 2.59 bits per heavy atom. The van der Waals surface area contributed by atoms with E-state index in [9.17, 15) is 27.9 Å². The lowest BCUT2D eigenvalue weighted by atomic mass is 9.94. The number of Topliss-reactive ketones (excluding diaryl/α,β-unsaturated/α-hetero) is 1. The Kier molecular flexibility index (Phi) is 6.75. The summed E-state index contributed by atoms with van der Waals surface area (Å²) < 4.78 is 39.1. The topological polar surface area (TPSA) is 93.4 Å². The molecule has 0 saturated carbocycles. The number of halogens is 4. The van der Waals surface area contributed by atoms with Gasteiger partial charge in [0.15, 0.2) is 5.78 Å². The normalized spacial score (nSPS) is 14.2. The number of nitrogens with one attached hydrogen (secondary N) is 1. The molecule has 0 unspecified atom stereocenters. The van der Waals surface area contributed by atoms with Gasteiger partial charge < -0.3 is 10.4 Å². The quantitative estimate of drug-likeness (QED) is 0.581. The summed E-state index contributed by atoms with van der Waals surface area (Å²) in [6.07, 6.45) is -4.86. The number of allylic oxidation sites excluding steroid dienone is 1. The molecule has 1 aliphatic rings. The first-order valence-electron chi connectivity index (χ1n) is 9.49. The van der Waals surface area contributed by atoms with Gasteiger partial charge in [0.25, 0.3) is 0 Å². The van der Waals surface area contributed by atoms with Gasteiger partial charge in [-0.05, 0) is 49.2 Å². The van der Waals surface area contributed by atoms with Crippen molar-refractivity contribution in [3.8, 4) is 6.07 Å². The fourth-order valence-corrected chi connectivity index (χ4v) is 3.66. The predicted octanol–water partition coefficient (Wildman–Crippen LogP) is 5.83. The van der Waals surface area contributed by atoms with E-state index in [-0.39, 0.29) is 46.3 Å². The Morgan fingerprint density at radius 1 is 1.22 bits per heavy atom. The van der Waals surface area contributed by atoms with E-state index < -0.39 is 17.8 Å². The van der Waals surface area contributed by atoms with E-state index >= 15 is 0 Å². The van der Waals surface area contributed by atoms with E-state index in [1.807, 2.05) is 6.07 Å². The van der Waals surface area contributed by atoms with Crippen LogP contribution in [0.1, 0.15) is 30.4 Å². The van der Waals surface area contributed by atoms with Gasteiger partial charge in [-0.2, -0.15) is 18.4 Å². The van der Waals surface area contributed by atoms with Crippen molar-refractivity contribution in [2.75, 3.05) is 16.8 Å². The van der Waals surface area contributed by atoms with Crippen LogP contribution in [0.4, 0.5) is 29.3 Å². The van der Waals surface area contributed by atoms with Crippen LogP contribution >= 0.6 is 11.6 Å². The van der Waals surface area contributed by atoms with Crippen molar-refractivity contribution in [2.45, 2.75) is 25.4 Å². The molecule has 3 rings (SSSR count). The fourth-order valence-electron chi connectivity index (χ4n) is 3.37. The molecule has 0 spiro atoms. The summed E-state index contributed by atoms with van der Waals surface area (Å²) >= 11 is 6.15. The highest BCUT2D eigenvalue weighted by molar-refractivity contribution is 6.33. The minimum atomic E-state index is -4.52. The van der Waals surface area contributed by atoms with Crippen LogP contribution in [0.2, 0.25) is 5.02 Å². The summed E-state index contributed by atoms with van der Waals surface area (Å²) in [6, 6.07) is 10.5. The number of hydrogen-bond acceptors (Lipinski definition) is 4. The van der Waals surface area contributed by atoms with Crippen LogP contribution in [0, 0.1) is 11.3 Å². The van der Waals surface area contributed by atoms with E-state index in [4.69, 9.17) is 16.9 Å². The molecule has 6 nitrogen and oxygen atoms in total. The summed E-state index contributed by atoms with van der Waals surface area (Å²) in [7, 11) is 0. The SMILES string of the molecule is N#Cc1ccc(N(CC2=C(Nc3cccc(C(F)(F)F)c3)CCCC2=O)C(=O)O)c(Cl)c1. The average Bonchev–Trinajstić information content (AvgIpc) is 2.73. The van der Waals surface area contributed by atoms with Gasteiger partial charge in [0.1, 0.15) is 0 Å². The highest BCUT2D eigenvalue weighted by atomic mass is 35.5. The van der Waals surface area contributed by atoms with E-state index in [2.05, 4.69) is 5.32 Å². The van der Waals surface area contributed by atoms with E-state index in [1.54, 1.807) is 0 Å². The number of anilines is 2. The molecular weight excluding hydrogens is 447 g/mol. The van der Waals surface area contributed by atoms with Crippen molar-refractivity contribution in [2.24, 2.45) is 0 Å². The Hall–Kier alpha value is -3.51. The van der Waals surface area contributed by atoms with Crippen molar-refractivity contribution >= 4 is 34.9 Å². The Labute approximate surface area is 186 Å². The van der Waals surface area contributed by atoms with Crippen molar-refractivity contribution in [1.82, 2.24) is 0 Å². The standard InChI is InChI=1S/C22H17ClF3N3O3/c23-17-9-13(11-27)7-8-19(17)29(21(31)32)12-16-18(5-2-6-20(16)30)28-15-4-1-3-14(10-15)22(24,25)26/h1,3-4,7-10,28H,2,5-6,12H2,(H,31,32). The molecule has 2 aromatic carbocycles. The molecule has 2 N–H and O–H groups in total. The summed E-state index contributed by atoms with van der Waals surface area (Å²) in [6.45, 7) is -0.346. The molecule has 166 valence electrons. The van der Waals surface area contributed by atoms with Crippen molar-refractivity contribution in [3.63, 3.8) is 0 Å². The third-order valence-electron chi connectivity index (χ3n) is 4.93. The second-order valence-electron chi connectivity index (χ2n) is 7.08. The zero-order valence-corrected chi connectivity index (χ0v) is 17.3. The van der Waals surface area contributed by atoms with E-state index in [0.717, 1.165) is 17.0 Å². The monoisotopic (exact) mass is 463 g/mol. The lowest BCUT2D eigenvalue weighted by Crippen LogP contribution is -2.35. The first-order valence-corrected chi connectivity index (χ1v) is 9.87. The molecule has 10 heteroatoms. The molecule has 0 heterocycles. The third kappa shape index (κ3) is 5.21. The molecule has 0 radical (unpaired) electrons. The van der Waals surface area contributed by atoms with E-state index in [1.165, 1.54) is 30.3 Å². The minimum absolute atomic E-state index is 0.0164. The molecule has 0 aliphatic heterocycles. The third-order valence-corrected chi connectivity index (χ3v) is 5.23. The first-order chi connectivity index (χ1) is 15.1. The van der Waals surface area contributed by atoms with Crippen LogP contribution in [0.3, 0.4) is 0 Å². The number of alkyl halides is 3. The Balaban J connectivity index is 1.97. The van der Waals surface area contributed by atoms with Crippen LogP contribution in [0.5, 0.6) is 0 Å². The molecule has 2 aromatic rings. The average molecular weight is 464 g/mol. The largest absolute Gasteiger partial charge is 0.465 e. The lowest BCUT2D eigenvalue weighted by molar-refractivity contribution is -0.137. The second-order valence-corrected chi connectivity index (χ2v) is 7.49. The number of benzene rings is 2. The van der Waals surface area contributed by atoms with Gasteiger partial charge in [-0.1, -0.05) is 17.7 Å². The minimum Gasteiger partial charge on any atom is -0.465 e. The Bertz CT molecular complexity index is 1140. The second kappa shape index (κ2) is 9.32. The highest BCUT2D eigenvalue weighted by Gasteiger charge is 2.31. The molecule has 0 aromatic heterocycles. The zero-order chi connectivity index (χ0) is 23.5. The maximum Gasteiger partial charge on any atom is 0.416 e. The molecule has 0 bridgehead atoms. The highest BCUT2D eigenvalue weighted by Crippen LogP contribution is 2.33. The van der Waals surface area contributed by atoms with Gasteiger partial charge in [0, 0.05) is 23.4 Å². The fraction of sp³-hybridized carbons (Fsp3) is 0.227. The summed E-state index contributed by atoms with van der Waals surface area (Å²) in [4.78, 5) is 25.4. The Morgan fingerprint density at radius 2 is 1.97 bits per heavy atom. The van der Waals surface area contributed by atoms with Crippen LogP contribution in [-0.4, -0.2) is 23.5 Å². The van der Waals surface area contributed by atoms with Crippen LogP contribution in [0.15, 0.2) is 53.7 Å². The zero-order valence-electron chi connectivity index (χ0n) is 16.5. The predicted molar refractivity (Wildman–Crippen MR) is 112 cm³/mol. The maximum atomic E-state index is 13.0. The number of nitrogens with zero attached hydrogens (tertiary/aromatic N) is 2. The summed E-state index contributed by atoms with van der Waals surface area (Å²) in [5, 5.41) is 21.6. The lowest BCUT2D eigenvalue weighted by Gasteiger charge is -2.26. The number of carbonyl (C=O) groups is 2. The molecule has 1 aliphatic carbocycles. The van der Waals surface area contributed by atoms with Gasteiger partial charge in [-0.25, -0.2) is 4.79 Å². The number of amides is 1. The molecular formula is C22H17ClF3N3O3. The van der Waals surface area contributed by atoms with Gasteiger partial charge in [0.2, 0.25) is 0 Å². The molecule has 0 saturated heterocycles. The number of rotatable bonds is 5. The number of carboxylic acid groups (broad SMARTS) is 1. The molecule has 1 amide bonds. The maximum absolute atomic E-state index is 13.0. The van der Waals surface area contributed by atoms with Crippen LogP contribution in [0.25, 0.3) is 0 Å². The van der Waals surface area contributed by atoms with Gasteiger partial charge in [-0.15, -0.1) is 0 Å². The van der Waals surface area contributed by atoms with Gasteiger partial charge >= 0.3 is 12.3 Å². The number of ketones is 1. The van der Waals surface area contributed by atoms with Gasteiger partial charge in [0.05, 0.1) is 34.5 Å². The molecule has 0 atom stereocenters. The van der Waals surface area contributed by atoms with Gasteiger partial charge in [-0.3, -0.25) is 9.69 Å². The van der Waals surface area contributed by atoms with Crippen molar-refractivity contribution in [3.05, 3.63) is 69.9 Å².